The molecule has 1 aliphatic rings. The van der Waals surface area contributed by atoms with Crippen LogP contribution in [0.4, 0.5) is 18.0 Å². The van der Waals surface area contributed by atoms with E-state index in [4.69, 9.17) is 4.74 Å². The minimum atomic E-state index is -4.64. The number of hydrogen-bond acceptors (Lipinski definition) is 5. The first-order chi connectivity index (χ1) is 22.2. The van der Waals surface area contributed by atoms with Gasteiger partial charge in [-0.1, -0.05) is 36.4 Å². The van der Waals surface area contributed by atoms with E-state index in [-0.39, 0.29) is 23.2 Å². The number of alkyl halides is 3. The number of nitrogens with zero attached hydrogens (tertiary/aromatic N) is 5. The van der Waals surface area contributed by atoms with E-state index < -0.39 is 29.5 Å². The summed E-state index contributed by atoms with van der Waals surface area (Å²) in [6, 6.07) is 23.2. The zero-order chi connectivity index (χ0) is 32.4. The number of halogens is 3. The van der Waals surface area contributed by atoms with Crippen LogP contribution in [0.5, 0.6) is 0 Å². The van der Waals surface area contributed by atoms with E-state index in [9.17, 15) is 28.0 Å². The molecule has 2 heterocycles. The highest BCUT2D eigenvalue weighted by Crippen LogP contribution is 2.32. The number of nitriles is 1. The minimum absolute atomic E-state index is 0.0421. The van der Waals surface area contributed by atoms with E-state index in [1.54, 1.807) is 37.3 Å². The number of imidazole rings is 1. The molecule has 0 unspecified atom stereocenters. The van der Waals surface area contributed by atoms with Gasteiger partial charge in [-0.25, -0.2) is 18.8 Å². The molecule has 1 fully saturated rings. The maximum atomic E-state index is 14.1. The summed E-state index contributed by atoms with van der Waals surface area (Å²) in [6.07, 6.45) is -1.28. The van der Waals surface area contributed by atoms with E-state index in [1.807, 2.05) is 30.3 Å². The second-order valence-electron chi connectivity index (χ2n) is 11.0. The summed E-state index contributed by atoms with van der Waals surface area (Å²) in [7, 11) is 0. The summed E-state index contributed by atoms with van der Waals surface area (Å²) in [5, 5.41) is 16.6. The van der Waals surface area contributed by atoms with Crippen LogP contribution < -0.4 is 11.0 Å². The molecule has 3 aromatic carbocycles. The van der Waals surface area contributed by atoms with Crippen molar-refractivity contribution < 1.29 is 22.7 Å². The molecule has 9 nitrogen and oxygen atoms in total. The fourth-order valence-corrected chi connectivity index (χ4v) is 5.88. The molecule has 234 valence electrons. The number of benzene rings is 3. The van der Waals surface area contributed by atoms with Gasteiger partial charge in [-0.15, -0.1) is 0 Å². The molecule has 1 saturated carbocycles. The average molecular weight is 627 g/mol. The molecule has 0 spiro atoms. The van der Waals surface area contributed by atoms with Crippen molar-refractivity contribution in [2.75, 3.05) is 0 Å². The largest absolute Gasteiger partial charge is 0.416 e. The molecular weight excluding hydrogens is 597 g/mol. The number of amides is 1. The van der Waals surface area contributed by atoms with Gasteiger partial charge in [0.25, 0.3) is 0 Å². The van der Waals surface area contributed by atoms with Crippen molar-refractivity contribution in [2.24, 2.45) is 0 Å². The third-order valence-corrected chi connectivity index (χ3v) is 8.11. The van der Waals surface area contributed by atoms with Gasteiger partial charge in [0, 0.05) is 0 Å². The van der Waals surface area contributed by atoms with E-state index >= 15 is 0 Å². The Hall–Kier alpha value is -5.41. The normalized spacial score (nSPS) is 16.3. The zero-order valence-corrected chi connectivity index (χ0v) is 24.7. The first kappa shape index (κ1) is 30.6. The van der Waals surface area contributed by atoms with Crippen LogP contribution in [0.1, 0.15) is 41.6 Å². The monoisotopic (exact) mass is 626 g/mol. The number of ether oxygens (including phenoxy) is 1. The maximum absolute atomic E-state index is 14.1. The number of carbonyl (C=O) groups is 1. The highest BCUT2D eigenvalue weighted by Gasteiger charge is 2.34. The van der Waals surface area contributed by atoms with Crippen molar-refractivity contribution in [1.29, 1.82) is 5.26 Å². The number of hydrogen-bond donors (Lipinski definition) is 1. The van der Waals surface area contributed by atoms with Gasteiger partial charge in [0.1, 0.15) is 5.69 Å². The molecule has 0 radical (unpaired) electrons. The fourth-order valence-electron chi connectivity index (χ4n) is 5.88. The van der Waals surface area contributed by atoms with Gasteiger partial charge in [-0.3, -0.25) is 4.57 Å². The quantitative estimate of drug-likeness (QED) is 0.226. The summed E-state index contributed by atoms with van der Waals surface area (Å²) in [4.78, 5) is 28.1. The number of rotatable bonds is 7. The highest BCUT2D eigenvalue weighted by atomic mass is 19.4. The number of carbonyl (C=O) groups excluding carboxylic acids is 1. The molecule has 5 aromatic rings. The van der Waals surface area contributed by atoms with Gasteiger partial charge in [-0.2, -0.15) is 23.5 Å². The van der Waals surface area contributed by atoms with Crippen molar-refractivity contribution >= 4 is 6.03 Å². The Balaban J connectivity index is 1.42. The summed E-state index contributed by atoms with van der Waals surface area (Å²) >= 11 is 0. The summed E-state index contributed by atoms with van der Waals surface area (Å²) in [5.41, 5.74) is 0.903. The van der Waals surface area contributed by atoms with Gasteiger partial charge in [0.15, 0.2) is 0 Å². The molecule has 1 amide bonds. The minimum Gasteiger partial charge on any atom is -0.371 e. The van der Waals surface area contributed by atoms with Crippen molar-refractivity contribution in [3.8, 4) is 28.8 Å². The Morgan fingerprint density at radius 1 is 1.02 bits per heavy atom. The molecular formula is C34H29F3N6O3. The van der Waals surface area contributed by atoms with Gasteiger partial charge in [0.05, 0.1) is 64.9 Å². The smallest absolute Gasteiger partial charge is 0.371 e. The molecule has 2 aromatic heterocycles. The highest BCUT2D eigenvalue weighted by molar-refractivity contribution is 5.83. The average Bonchev–Trinajstić information content (AvgIpc) is 3.78. The Bertz CT molecular complexity index is 1970. The maximum Gasteiger partial charge on any atom is 0.416 e. The molecule has 1 N–H and O–H groups in total. The van der Waals surface area contributed by atoms with Crippen LogP contribution >= 0.6 is 0 Å². The Labute approximate surface area is 262 Å². The lowest BCUT2D eigenvalue weighted by Gasteiger charge is -2.22. The Morgan fingerprint density at radius 3 is 2.50 bits per heavy atom. The first-order valence-electron chi connectivity index (χ1n) is 14.7. The fraction of sp³-hybridized carbons (Fsp3) is 0.235. The molecule has 0 saturated heterocycles. The predicted octanol–water partition coefficient (Wildman–Crippen LogP) is 6.39. The molecule has 0 aliphatic heterocycles. The van der Waals surface area contributed by atoms with Gasteiger partial charge < -0.3 is 10.1 Å². The standard InChI is InChI=1S/C34H29F3N6O3/c1-22-31(29-17-18-39-43(29)26-15-13-23(20-38)14-16-26)42(33(45)41(22)27-10-5-9-25(19-27)34(35,36)37)32(44)40-28-11-6-12-30(28)46-21-24-7-3-2-4-8-24/h2-5,7-10,13-19,28,30H,6,11-12,21H2,1H3,(H,40,44)/t28-,30-/m0/s1. The van der Waals surface area contributed by atoms with Crippen molar-refractivity contribution in [2.45, 2.75) is 51.1 Å². The molecule has 12 heteroatoms. The molecule has 46 heavy (non-hydrogen) atoms. The predicted molar refractivity (Wildman–Crippen MR) is 164 cm³/mol. The topological polar surface area (TPSA) is 107 Å². The van der Waals surface area contributed by atoms with Crippen LogP contribution in [0.15, 0.2) is 95.9 Å². The Kier molecular flexibility index (Phi) is 8.34. The second-order valence-corrected chi connectivity index (χ2v) is 11.0. The van der Waals surface area contributed by atoms with Gasteiger partial charge in [-0.05, 0) is 80.3 Å². The lowest BCUT2D eigenvalue weighted by atomic mass is 10.1. The van der Waals surface area contributed by atoms with Crippen molar-refractivity contribution in [1.82, 2.24) is 24.2 Å². The van der Waals surface area contributed by atoms with E-state index in [0.29, 0.717) is 30.0 Å². The second kappa shape index (κ2) is 12.5. The van der Waals surface area contributed by atoms with Crippen LogP contribution in [-0.2, 0) is 17.5 Å². The number of nitrogens with one attached hydrogen (secondary N) is 1. The van der Waals surface area contributed by atoms with Crippen molar-refractivity contribution in [3.63, 3.8) is 0 Å². The van der Waals surface area contributed by atoms with Crippen LogP contribution in [0.2, 0.25) is 0 Å². The van der Waals surface area contributed by atoms with Gasteiger partial charge in [0.2, 0.25) is 0 Å². The summed E-state index contributed by atoms with van der Waals surface area (Å²) < 4.78 is 50.7. The summed E-state index contributed by atoms with van der Waals surface area (Å²) in [5.74, 6) is 0. The SMILES string of the molecule is Cc1c(-c2ccnn2-c2ccc(C#N)cc2)n(C(=O)N[C@H]2CCC[C@@H]2OCc2ccccc2)c(=O)n1-c1cccc(C(F)(F)F)c1. The van der Waals surface area contributed by atoms with Crippen LogP contribution in [0.3, 0.4) is 0 Å². The molecule has 6 rings (SSSR count). The van der Waals surface area contributed by atoms with E-state index in [2.05, 4.69) is 16.5 Å². The lowest BCUT2D eigenvalue weighted by molar-refractivity contribution is -0.137. The molecule has 1 aliphatic carbocycles. The third kappa shape index (κ3) is 5.97. The molecule has 0 bridgehead atoms. The number of aromatic nitrogens is 4. The summed E-state index contributed by atoms with van der Waals surface area (Å²) in [6.45, 7) is 1.93. The third-order valence-electron chi connectivity index (χ3n) is 8.11. The van der Waals surface area contributed by atoms with Crippen molar-refractivity contribution in [3.05, 3.63) is 124 Å². The van der Waals surface area contributed by atoms with Crippen LogP contribution in [-0.4, -0.2) is 37.1 Å². The zero-order valence-electron chi connectivity index (χ0n) is 24.7. The van der Waals surface area contributed by atoms with Crippen LogP contribution in [0, 0.1) is 18.3 Å². The van der Waals surface area contributed by atoms with Gasteiger partial charge >= 0.3 is 17.9 Å². The Morgan fingerprint density at radius 2 is 1.78 bits per heavy atom. The lowest BCUT2D eigenvalue weighted by Crippen LogP contribution is -2.46. The van der Waals surface area contributed by atoms with Crippen LogP contribution in [0.25, 0.3) is 22.8 Å². The van der Waals surface area contributed by atoms with E-state index in [0.717, 1.165) is 39.7 Å². The van der Waals surface area contributed by atoms with E-state index in [1.165, 1.54) is 23.0 Å². The molecule has 2 atom stereocenters. The first-order valence-corrected chi connectivity index (χ1v) is 14.7.